The third-order valence-corrected chi connectivity index (χ3v) is 9.47. The number of benzene rings is 4. The molecule has 1 aliphatic rings. The molecular weight excluding hydrogens is 618 g/mol. The standard InChI is InChI=1S/C37H34ClN3O4S/c1-5-40(6-2)36(43)32-23(3)39-37-41(34(32)33-28-13-9-7-11-25(28)17-20-30(33)44-4)35(42)31(46-37)21-26-12-8-10-14-29(26)45-22-24-15-18-27(38)19-16-24/h7-21,34H,5-6,22H2,1-4H3/b31-21+/t34-/m0/s1. The van der Waals surface area contributed by atoms with E-state index < -0.39 is 6.04 Å². The number of ether oxygens (including phenoxy) is 2. The SMILES string of the molecule is CCN(CC)C(=O)C1=C(C)N=c2s/c(=C/c3ccccc3OCc3ccc(Cl)cc3)c(=O)n2[C@@H]1c1c(OC)ccc2ccccc12. The molecule has 0 bridgehead atoms. The fourth-order valence-electron chi connectivity index (χ4n) is 5.90. The lowest BCUT2D eigenvalue weighted by molar-refractivity contribution is -0.127. The molecule has 7 nitrogen and oxygen atoms in total. The van der Waals surface area contributed by atoms with Gasteiger partial charge in [-0.2, -0.15) is 0 Å². The van der Waals surface area contributed by atoms with Gasteiger partial charge in [-0.3, -0.25) is 14.2 Å². The molecule has 0 saturated carbocycles. The molecule has 0 aliphatic carbocycles. The zero-order valence-electron chi connectivity index (χ0n) is 26.1. The highest BCUT2D eigenvalue weighted by Gasteiger charge is 2.36. The summed E-state index contributed by atoms with van der Waals surface area (Å²) in [5.74, 6) is 1.09. The van der Waals surface area contributed by atoms with Crippen LogP contribution in [0.5, 0.6) is 11.5 Å². The first-order chi connectivity index (χ1) is 22.3. The Morgan fingerprint density at radius 1 is 0.978 bits per heavy atom. The van der Waals surface area contributed by atoms with Gasteiger partial charge < -0.3 is 14.4 Å². The van der Waals surface area contributed by atoms with Crippen LogP contribution in [0, 0.1) is 0 Å². The number of fused-ring (bicyclic) bond motifs is 2. The van der Waals surface area contributed by atoms with Gasteiger partial charge >= 0.3 is 0 Å². The van der Waals surface area contributed by atoms with E-state index in [1.54, 1.807) is 16.6 Å². The molecule has 1 atom stereocenters. The average Bonchev–Trinajstić information content (AvgIpc) is 3.38. The lowest BCUT2D eigenvalue weighted by Gasteiger charge is -2.30. The maximum Gasteiger partial charge on any atom is 0.271 e. The minimum Gasteiger partial charge on any atom is -0.496 e. The van der Waals surface area contributed by atoms with Crippen LogP contribution in [-0.2, 0) is 11.4 Å². The number of allylic oxidation sites excluding steroid dienone is 1. The van der Waals surface area contributed by atoms with Crippen molar-refractivity contribution < 1.29 is 14.3 Å². The van der Waals surface area contributed by atoms with Gasteiger partial charge in [0.25, 0.3) is 11.5 Å². The van der Waals surface area contributed by atoms with Gasteiger partial charge in [0.2, 0.25) is 0 Å². The fourth-order valence-corrected chi connectivity index (χ4v) is 7.06. The van der Waals surface area contributed by atoms with Gasteiger partial charge in [-0.25, -0.2) is 4.99 Å². The van der Waals surface area contributed by atoms with E-state index in [0.29, 0.717) is 56.8 Å². The van der Waals surface area contributed by atoms with Crippen LogP contribution in [0.4, 0.5) is 0 Å². The van der Waals surface area contributed by atoms with Gasteiger partial charge in [-0.1, -0.05) is 83.6 Å². The number of carbonyl (C=O) groups is 1. The molecule has 234 valence electrons. The largest absolute Gasteiger partial charge is 0.496 e. The highest BCUT2D eigenvalue weighted by molar-refractivity contribution is 7.07. The molecule has 0 spiro atoms. The van der Waals surface area contributed by atoms with Crippen molar-refractivity contribution in [2.75, 3.05) is 20.2 Å². The number of nitrogens with zero attached hydrogens (tertiary/aromatic N) is 3. The second-order valence-electron chi connectivity index (χ2n) is 10.9. The Hall–Kier alpha value is -4.66. The molecule has 2 heterocycles. The molecule has 9 heteroatoms. The van der Waals surface area contributed by atoms with E-state index in [1.165, 1.54) is 11.3 Å². The number of methoxy groups -OCH3 is 1. The normalized spacial score (nSPS) is 14.6. The molecule has 5 aromatic rings. The Bertz CT molecular complexity index is 2150. The zero-order valence-corrected chi connectivity index (χ0v) is 27.7. The van der Waals surface area contributed by atoms with Crippen LogP contribution in [-0.4, -0.2) is 35.6 Å². The molecule has 0 fully saturated rings. The van der Waals surface area contributed by atoms with Gasteiger partial charge in [0, 0.05) is 29.2 Å². The molecule has 4 aromatic carbocycles. The van der Waals surface area contributed by atoms with E-state index in [9.17, 15) is 9.59 Å². The van der Waals surface area contributed by atoms with Gasteiger partial charge in [0.05, 0.1) is 22.9 Å². The summed E-state index contributed by atoms with van der Waals surface area (Å²) in [6.07, 6.45) is 1.84. The molecule has 0 N–H and O–H groups in total. The van der Waals surface area contributed by atoms with E-state index in [1.807, 2.05) is 112 Å². The predicted molar refractivity (Wildman–Crippen MR) is 184 cm³/mol. The summed E-state index contributed by atoms with van der Waals surface area (Å²) in [5.41, 5.74) is 3.29. The van der Waals surface area contributed by atoms with Crippen molar-refractivity contribution in [1.29, 1.82) is 0 Å². The Labute approximate surface area is 276 Å². The van der Waals surface area contributed by atoms with Crippen molar-refractivity contribution in [3.63, 3.8) is 0 Å². The fraction of sp³-hybridized carbons (Fsp3) is 0.216. The molecule has 0 saturated heterocycles. The Morgan fingerprint density at radius 3 is 2.43 bits per heavy atom. The summed E-state index contributed by atoms with van der Waals surface area (Å²) < 4.78 is 14.2. The first-order valence-corrected chi connectivity index (χ1v) is 16.4. The third kappa shape index (κ3) is 5.86. The number of hydrogen-bond donors (Lipinski definition) is 0. The summed E-state index contributed by atoms with van der Waals surface area (Å²) in [6, 6.07) is 26.2. The number of para-hydroxylation sites is 1. The number of thiazole rings is 1. The van der Waals surface area contributed by atoms with Gasteiger partial charge in [-0.15, -0.1) is 0 Å². The predicted octanol–water partition coefficient (Wildman–Crippen LogP) is 6.50. The number of carbonyl (C=O) groups excluding carboxylic acids is 1. The quantitative estimate of drug-likeness (QED) is 0.183. The minimum absolute atomic E-state index is 0.151. The summed E-state index contributed by atoms with van der Waals surface area (Å²) in [5, 5.41) is 2.55. The van der Waals surface area contributed by atoms with E-state index in [4.69, 9.17) is 26.1 Å². The Kier molecular flexibility index (Phi) is 9.10. The lowest BCUT2D eigenvalue weighted by Crippen LogP contribution is -2.43. The van der Waals surface area contributed by atoms with Crippen LogP contribution in [0.3, 0.4) is 0 Å². The monoisotopic (exact) mass is 651 g/mol. The first kappa shape index (κ1) is 31.3. The van der Waals surface area contributed by atoms with E-state index in [0.717, 1.165) is 27.5 Å². The van der Waals surface area contributed by atoms with Crippen LogP contribution in [0.15, 0.2) is 106 Å². The lowest BCUT2D eigenvalue weighted by atomic mass is 9.90. The van der Waals surface area contributed by atoms with Crippen LogP contribution >= 0.6 is 22.9 Å². The number of halogens is 1. The summed E-state index contributed by atoms with van der Waals surface area (Å²) >= 11 is 7.34. The van der Waals surface area contributed by atoms with Crippen molar-refractivity contribution in [1.82, 2.24) is 9.47 Å². The van der Waals surface area contributed by atoms with Crippen molar-refractivity contribution >= 4 is 45.7 Å². The molecule has 1 amide bonds. The average molecular weight is 652 g/mol. The summed E-state index contributed by atoms with van der Waals surface area (Å²) in [7, 11) is 1.61. The Balaban J connectivity index is 1.54. The van der Waals surface area contributed by atoms with Crippen molar-refractivity contribution in [2.24, 2.45) is 4.99 Å². The number of hydrogen-bond acceptors (Lipinski definition) is 6. The molecule has 0 unspecified atom stereocenters. The summed E-state index contributed by atoms with van der Waals surface area (Å²) in [4.78, 5) is 35.8. The van der Waals surface area contributed by atoms with E-state index in [2.05, 4.69) is 0 Å². The van der Waals surface area contributed by atoms with Crippen molar-refractivity contribution in [3.05, 3.63) is 138 Å². The second-order valence-corrected chi connectivity index (χ2v) is 12.4. The second kappa shape index (κ2) is 13.4. The number of rotatable bonds is 9. The van der Waals surface area contributed by atoms with Gasteiger partial charge in [0.15, 0.2) is 4.80 Å². The maximum absolute atomic E-state index is 14.5. The third-order valence-electron chi connectivity index (χ3n) is 8.24. The first-order valence-electron chi connectivity index (χ1n) is 15.2. The van der Waals surface area contributed by atoms with Gasteiger partial charge in [-0.05, 0) is 67.4 Å². The highest BCUT2D eigenvalue weighted by atomic mass is 35.5. The smallest absolute Gasteiger partial charge is 0.271 e. The van der Waals surface area contributed by atoms with Crippen molar-refractivity contribution in [3.8, 4) is 11.5 Å². The maximum atomic E-state index is 14.5. The van der Waals surface area contributed by atoms with E-state index >= 15 is 0 Å². The van der Waals surface area contributed by atoms with Gasteiger partial charge in [0.1, 0.15) is 24.1 Å². The topological polar surface area (TPSA) is 73.1 Å². The number of likely N-dealkylation sites (N-methyl/N-ethyl adjacent to an activating group) is 1. The minimum atomic E-state index is -0.746. The molecule has 1 aliphatic heterocycles. The molecule has 0 radical (unpaired) electrons. The highest BCUT2D eigenvalue weighted by Crippen LogP contribution is 2.40. The van der Waals surface area contributed by atoms with Crippen LogP contribution < -0.4 is 24.4 Å². The Morgan fingerprint density at radius 2 is 1.70 bits per heavy atom. The number of amides is 1. The number of aromatic nitrogens is 1. The van der Waals surface area contributed by atoms with Crippen molar-refractivity contribution in [2.45, 2.75) is 33.4 Å². The molecule has 1 aromatic heterocycles. The van der Waals surface area contributed by atoms with Crippen LogP contribution in [0.1, 0.15) is 43.5 Å². The van der Waals surface area contributed by atoms with E-state index in [-0.39, 0.29) is 11.5 Å². The zero-order chi connectivity index (χ0) is 32.4. The molecule has 46 heavy (non-hydrogen) atoms. The van der Waals surface area contributed by atoms with Crippen LogP contribution in [0.25, 0.3) is 16.8 Å². The summed E-state index contributed by atoms with van der Waals surface area (Å²) in [6.45, 7) is 7.16. The molecular formula is C37H34ClN3O4S. The molecule has 6 rings (SSSR count). The van der Waals surface area contributed by atoms with Crippen LogP contribution in [0.2, 0.25) is 5.02 Å².